The normalized spacial score (nSPS) is 11.5. The minimum Gasteiger partial charge on any atom is -0.497 e. The first-order valence-electron chi connectivity index (χ1n) is 8.12. The highest BCUT2D eigenvalue weighted by Gasteiger charge is 2.18. The number of benzene rings is 2. The first-order valence-corrected chi connectivity index (χ1v) is 8.12. The van der Waals surface area contributed by atoms with Gasteiger partial charge in [0.2, 0.25) is 0 Å². The van der Waals surface area contributed by atoms with Crippen LogP contribution in [0.5, 0.6) is 5.75 Å². The Morgan fingerprint density at radius 3 is 2.48 bits per heavy atom. The van der Waals surface area contributed by atoms with E-state index in [1.54, 1.807) is 13.2 Å². The number of carboxylic acid groups (broad SMARTS) is 1. The minimum absolute atomic E-state index is 0.0601. The molecule has 0 atom stereocenters. The number of carboxylic acids is 1. The molecule has 25 heavy (non-hydrogen) atoms. The molecule has 0 spiro atoms. The zero-order valence-corrected chi connectivity index (χ0v) is 14.8. The Morgan fingerprint density at radius 1 is 1.08 bits per heavy atom. The third kappa shape index (κ3) is 3.33. The van der Waals surface area contributed by atoms with Crippen LogP contribution in [0.3, 0.4) is 0 Å². The summed E-state index contributed by atoms with van der Waals surface area (Å²) in [6.45, 7) is 6.31. The summed E-state index contributed by atoms with van der Waals surface area (Å²) in [7, 11) is 1.60. The third-order valence-corrected chi connectivity index (χ3v) is 4.27. The van der Waals surface area contributed by atoms with Crippen molar-refractivity contribution >= 4 is 16.9 Å². The Morgan fingerprint density at radius 2 is 1.84 bits per heavy atom. The molecule has 0 fully saturated rings. The van der Waals surface area contributed by atoms with E-state index in [4.69, 9.17) is 4.74 Å². The Hall–Kier alpha value is -2.88. The van der Waals surface area contributed by atoms with Crippen LogP contribution in [-0.4, -0.2) is 23.2 Å². The molecule has 0 aliphatic rings. The molecular weight excluding hydrogens is 314 g/mol. The van der Waals surface area contributed by atoms with Crippen LogP contribution < -0.4 is 4.74 Å². The number of ether oxygens (including phenoxy) is 1. The maximum Gasteiger partial charge on any atom is 0.336 e. The van der Waals surface area contributed by atoms with Gasteiger partial charge >= 0.3 is 5.97 Å². The fraction of sp³-hybridized carbons (Fsp3) is 0.238. The average molecular weight is 335 g/mol. The molecule has 4 nitrogen and oxygen atoms in total. The molecule has 0 saturated carbocycles. The summed E-state index contributed by atoms with van der Waals surface area (Å²) in [4.78, 5) is 16.5. The zero-order chi connectivity index (χ0) is 18.2. The van der Waals surface area contributed by atoms with Crippen molar-refractivity contribution in [2.45, 2.75) is 26.2 Å². The Bertz CT molecular complexity index is 955. The van der Waals surface area contributed by atoms with Crippen molar-refractivity contribution in [3.8, 4) is 17.0 Å². The zero-order valence-electron chi connectivity index (χ0n) is 14.8. The number of aromatic carboxylic acids is 1. The molecule has 2 aromatic carbocycles. The van der Waals surface area contributed by atoms with Crippen LogP contribution in [0.4, 0.5) is 0 Å². The minimum atomic E-state index is -0.956. The lowest BCUT2D eigenvalue weighted by atomic mass is 9.86. The lowest BCUT2D eigenvalue weighted by Crippen LogP contribution is -2.11. The van der Waals surface area contributed by atoms with Gasteiger partial charge in [-0.25, -0.2) is 9.78 Å². The molecule has 0 saturated heterocycles. The molecule has 0 amide bonds. The Labute approximate surface area is 147 Å². The Balaban J connectivity index is 2.25. The van der Waals surface area contributed by atoms with Crippen LogP contribution in [0.1, 0.15) is 36.7 Å². The van der Waals surface area contributed by atoms with Crippen molar-refractivity contribution in [1.29, 1.82) is 0 Å². The molecule has 0 radical (unpaired) electrons. The van der Waals surface area contributed by atoms with Gasteiger partial charge in [0.1, 0.15) is 5.75 Å². The molecule has 4 heteroatoms. The summed E-state index contributed by atoms with van der Waals surface area (Å²) >= 11 is 0. The maximum atomic E-state index is 11.8. The average Bonchev–Trinajstić information content (AvgIpc) is 2.59. The van der Waals surface area contributed by atoms with E-state index < -0.39 is 5.97 Å². The predicted molar refractivity (Wildman–Crippen MR) is 99.4 cm³/mol. The molecule has 1 aromatic heterocycles. The SMILES string of the molecule is COc1cccc(-c2cc(C(=O)O)c3cc(C(C)(C)C)ccc3n2)c1. The van der Waals surface area contributed by atoms with E-state index in [1.807, 2.05) is 42.5 Å². The number of carbonyl (C=O) groups is 1. The number of pyridine rings is 1. The summed E-state index contributed by atoms with van der Waals surface area (Å²) in [6.07, 6.45) is 0. The van der Waals surface area contributed by atoms with Gasteiger partial charge in [-0.3, -0.25) is 0 Å². The van der Waals surface area contributed by atoms with E-state index in [-0.39, 0.29) is 11.0 Å². The van der Waals surface area contributed by atoms with Gasteiger partial charge in [0, 0.05) is 10.9 Å². The number of methoxy groups -OCH3 is 1. The number of aromatic nitrogens is 1. The molecule has 0 aliphatic heterocycles. The second-order valence-electron chi connectivity index (χ2n) is 7.07. The standard InChI is InChI=1S/C21H21NO3/c1-21(2,3)14-8-9-18-16(11-14)17(20(23)24)12-19(22-18)13-6-5-7-15(10-13)25-4/h5-12H,1-4H3,(H,23,24). The molecule has 3 aromatic rings. The quantitative estimate of drug-likeness (QED) is 0.739. The summed E-state index contributed by atoms with van der Waals surface area (Å²) in [5.74, 6) is -0.248. The van der Waals surface area contributed by atoms with Crippen molar-refractivity contribution in [3.05, 3.63) is 59.7 Å². The van der Waals surface area contributed by atoms with Gasteiger partial charge in [-0.05, 0) is 41.3 Å². The molecule has 1 heterocycles. The van der Waals surface area contributed by atoms with Gasteiger partial charge in [0.15, 0.2) is 0 Å². The molecule has 128 valence electrons. The van der Waals surface area contributed by atoms with Gasteiger partial charge in [-0.2, -0.15) is 0 Å². The summed E-state index contributed by atoms with van der Waals surface area (Å²) in [5, 5.41) is 10.4. The third-order valence-electron chi connectivity index (χ3n) is 4.27. The van der Waals surface area contributed by atoms with E-state index >= 15 is 0 Å². The van der Waals surface area contributed by atoms with Crippen LogP contribution in [0.15, 0.2) is 48.5 Å². The van der Waals surface area contributed by atoms with E-state index in [9.17, 15) is 9.90 Å². The first kappa shape index (κ1) is 17.0. The number of fused-ring (bicyclic) bond motifs is 1. The highest BCUT2D eigenvalue weighted by Crippen LogP contribution is 2.30. The van der Waals surface area contributed by atoms with E-state index in [0.717, 1.165) is 11.1 Å². The van der Waals surface area contributed by atoms with Crippen LogP contribution >= 0.6 is 0 Å². The summed E-state index contributed by atoms with van der Waals surface area (Å²) in [5.41, 5.74) is 3.39. The van der Waals surface area contributed by atoms with E-state index in [2.05, 4.69) is 25.8 Å². The molecule has 0 aliphatic carbocycles. The Kier molecular flexibility index (Phi) is 4.21. The van der Waals surface area contributed by atoms with Crippen molar-refractivity contribution in [2.24, 2.45) is 0 Å². The number of nitrogens with zero attached hydrogens (tertiary/aromatic N) is 1. The second-order valence-corrected chi connectivity index (χ2v) is 7.07. The highest BCUT2D eigenvalue weighted by molar-refractivity contribution is 6.04. The van der Waals surface area contributed by atoms with Gasteiger partial charge in [-0.1, -0.05) is 39.0 Å². The van der Waals surface area contributed by atoms with Gasteiger partial charge in [-0.15, -0.1) is 0 Å². The predicted octanol–water partition coefficient (Wildman–Crippen LogP) is 4.91. The smallest absolute Gasteiger partial charge is 0.336 e. The van der Waals surface area contributed by atoms with Crippen LogP contribution in [-0.2, 0) is 5.41 Å². The summed E-state index contributed by atoms with van der Waals surface area (Å²) in [6, 6.07) is 14.9. The lowest BCUT2D eigenvalue weighted by molar-refractivity contribution is 0.0699. The fourth-order valence-electron chi connectivity index (χ4n) is 2.80. The van der Waals surface area contributed by atoms with Gasteiger partial charge in [0.05, 0.1) is 23.9 Å². The van der Waals surface area contributed by atoms with Crippen LogP contribution in [0.25, 0.3) is 22.2 Å². The first-order chi connectivity index (χ1) is 11.8. The topological polar surface area (TPSA) is 59.4 Å². The van der Waals surface area contributed by atoms with E-state index in [0.29, 0.717) is 22.3 Å². The van der Waals surface area contributed by atoms with Crippen molar-refractivity contribution in [1.82, 2.24) is 4.98 Å². The van der Waals surface area contributed by atoms with Crippen molar-refractivity contribution < 1.29 is 14.6 Å². The largest absolute Gasteiger partial charge is 0.497 e. The number of rotatable bonds is 3. The molecule has 1 N–H and O–H groups in total. The number of hydrogen-bond acceptors (Lipinski definition) is 3. The van der Waals surface area contributed by atoms with Gasteiger partial charge < -0.3 is 9.84 Å². The molecule has 0 bridgehead atoms. The molecular formula is C21H21NO3. The second kappa shape index (κ2) is 6.20. The maximum absolute atomic E-state index is 11.8. The fourth-order valence-corrected chi connectivity index (χ4v) is 2.80. The summed E-state index contributed by atoms with van der Waals surface area (Å²) < 4.78 is 5.25. The van der Waals surface area contributed by atoms with Crippen molar-refractivity contribution in [2.75, 3.05) is 7.11 Å². The van der Waals surface area contributed by atoms with E-state index in [1.165, 1.54) is 0 Å². The van der Waals surface area contributed by atoms with Crippen LogP contribution in [0, 0.1) is 0 Å². The van der Waals surface area contributed by atoms with Crippen molar-refractivity contribution in [3.63, 3.8) is 0 Å². The highest BCUT2D eigenvalue weighted by atomic mass is 16.5. The van der Waals surface area contributed by atoms with Gasteiger partial charge in [0.25, 0.3) is 0 Å². The lowest BCUT2D eigenvalue weighted by Gasteiger charge is -2.20. The van der Waals surface area contributed by atoms with Crippen LogP contribution in [0.2, 0.25) is 0 Å². The monoisotopic (exact) mass is 335 g/mol. The molecule has 3 rings (SSSR count). The molecule has 0 unspecified atom stereocenters. The number of hydrogen-bond donors (Lipinski definition) is 1.